The van der Waals surface area contributed by atoms with Gasteiger partial charge in [0, 0.05) is 21.2 Å². The highest BCUT2D eigenvalue weighted by atomic mass is 35.5. The molecular weight excluding hydrogens is 274 g/mol. The summed E-state index contributed by atoms with van der Waals surface area (Å²) in [4.78, 5) is 1.32. The van der Waals surface area contributed by atoms with Gasteiger partial charge in [0.1, 0.15) is 0 Å². The maximum absolute atomic E-state index is 5.94. The second kappa shape index (κ2) is 9.68. The van der Waals surface area contributed by atoms with Crippen molar-refractivity contribution in [3.8, 4) is 0 Å². The van der Waals surface area contributed by atoms with Gasteiger partial charge in [0.05, 0.1) is 0 Å². The molecule has 1 aromatic rings. The third kappa shape index (κ3) is 6.20. The van der Waals surface area contributed by atoms with Crippen molar-refractivity contribution in [2.75, 3.05) is 6.54 Å². The van der Waals surface area contributed by atoms with Gasteiger partial charge in [0.15, 0.2) is 0 Å². The van der Waals surface area contributed by atoms with E-state index < -0.39 is 0 Å². The Hall–Kier alpha value is -0.180. The second-order valence-electron chi connectivity index (χ2n) is 4.87. The van der Waals surface area contributed by atoms with Gasteiger partial charge in [-0.05, 0) is 50.1 Å². The number of hydrogen-bond donors (Lipinski definition) is 1. The first-order valence-electron chi connectivity index (χ1n) is 7.36. The lowest BCUT2D eigenvalue weighted by Gasteiger charge is -2.26. The van der Waals surface area contributed by atoms with Crippen molar-refractivity contribution in [1.29, 1.82) is 0 Å². The van der Waals surface area contributed by atoms with Gasteiger partial charge < -0.3 is 5.32 Å². The second-order valence-corrected chi connectivity index (χ2v) is 6.62. The molecule has 0 amide bonds. The van der Waals surface area contributed by atoms with Crippen LogP contribution in [0.4, 0.5) is 0 Å². The Morgan fingerprint density at radius 1 is 1.11 bits per heavy atom. The first-order valence-corrected chi connectivity index (χ1v) is 8.62. The van der Waals surface area contributed by atoms with Crippen molar-refractivity contribution >= 4 is 23.4 Å². The number of halogens is 1. The van der Waals surface area contributed by atoms with Crippen LogP contribution >= 0.6 is 23.4 Å². The van der Waals surface area contributed by atoms with Gasteiger partial charge in [0.2, 0.25) is 0 Å². The lowest BCUT2D eigenvalue weighted by Crippen LogP contribution is -2.38. The predicted octanol–water partition coefficient (Wildman–Crippen LogP) is 5.38. The van der Waals surface area contributed by atoms with E-state index in [9.17, 15) is 0 Å². The van der Waals surface area contributed by atoms with E-state index >= 15 is 0 Å². The molecule has 0 radical (unpaired) electrons. The van der Waals surface area contributed by atoms with Gasteiger partial charge >= 0.3 is 0 Å². The van der Waals surface area contributed by atoms with Gasteiger partial charge in [-0.2, -0.15) is 0 Å². The number of thioether (sulfide) groups is 1. The van der Waals surface area contributed by atoms with Crippen molar-refractivity contribution in [2.24, 2.45) is 0 Å². The summed E-state index contributed by atoms with van der Waals surface area (Å²) in [5, 5.41) is 5.15. The van der Waals surface area contributed by atoms with Crippen LogP contribution < -0.4 is 5.32 Å². The summed E-state index contributed by atoms with van der Waals surface area (Å²) < 4.78 is 0. The molecule has 0 bridgehead atoms. The standard InChI is InChI=1S/C16H26ClNS/c1-4-7-15(18-12-5-2)16(6-3)19-14-10-8-13(17)9-11-14/h8-11,15-16,18H,4-7,12H2,1-3H3. The smallest absolute Gasteiger partial charge is 0.0406 e. The van der Waals surface area contributed by atoms with Crippen LogP contribution in [0.2, 0.25) is 5.02 Å². The van der Waals surface area contributed by atoms with E-state index in [4.69, 9.17) is 11.6 Å². The van der Waals surface area contributed by atoms with Crippen LogP contribution in [0.25, 0.3) is 0 Å². The topological polar surface area (TPSA) is 12.0 Å². The number of rotatable bonds is 9. The van der Waals surface area contributed by atoms with Crippen molar-refractivity contribution in [3.05, 3.63) is 29.3 Å². The average molecular weight is 300 g/mol. The molecule has 1 aromatic carbocycles. The Morgan fingerprint density at radius 3 is 2.32 bits per heavy atom. The Balaban J connectivity index is 2.64. The summed E-state index contributed by atoms with van der Waals surface area (Å²) in [5.74, 6) is 0. The molecule has 0 saturated carbocycles. The van der Waals surface area contributed by atoms with E-state index in [0.717, 1.165) is 11.6 Å². The van der Waals surface area contributed by atoms with Gasteiger partial charge in [-0.3, -0.25) is 0 Å². The quantitative estimate of drug-likeness (QED) is 0.614. The van der Waals surface area contributed by atoms with E-state index in [-0.39, 0.29) is 0 Å². The lowest BCUT2D eigenvalue weighted by molar-refractivity contribution is 0.454. The minimum atomic E-state index is 0.607. The van der Waals surface area contributed by atoms with Gasteiger partial charge in [-0.1, -0.05) is 38.8 Å². The molecule has 1 N–H and O–H groups in total. The van der Waals surface area contributed by atoms with Crippen LogP contribution in [0.5, 0.6) is 0 Å². The molecule has 2 unspecified atom stereocenters. The molecule has 1 rings (SSSR count). The zero-order valence-electron chi connectivity index (χ0n) is 12.3. The zero-order valence-corrected chi connectivity index (χ0v) is 13.9. The summed E-state index contributed by atoms with van der Waals surface area (Å²) in [6.45, 7) is 7.88. The normalized spacial score (nSPS) is 14.3. The summed E-state index contributed by atoms with van der Waals surface area (Å²) >= 11 is 7.92. The molecule has 1 nitrogen and oxygen atoms in total. The molecule has 0 saturated heterocycles. The number of nitrogens with one attached hydrogen (secondary N) is 1. The highest BCUT2D eigenvalue weighted by Gasteiger charge is 2.19. The van der Waals surface area contributed by atoms with Gasteiger partial charge in [-0.25, -0.2) is 0 Å². The number of hydrogen-bond acceptors (Lipinski definition) is 2. The highest BCUT2D eigenvalue weighted by Crippen LogP contribution is 2.30. The Morgan fingerprint density at radius 2 is 1.79 bits per heavy atom. The van der Waals surface area contributed by atoms with Crippen molar-refractivity contribution in [1.82, 2.24) is 5.32 Å². The molecular formula is C16H26ClNS. The first kappa shape index (κ1) is 16.9. The van der Waals surface area contributed by atoms with Crippen LogP contribution in [0.3, 0.4) is 0 Å². The van der Waals surface area contributed by atoms with E-state index in [2.05, 4.69) is 38.2 Å². The van der Waals surface area contributed by atoms with Crippen LogP contribution in [0, 0.1) is 0 Å². The van der Waals surface area contributed by atoms with Crippen molar-refractivity contribution in [2.45, 2.75) is 62.6 Å². The molecule has 19 heavy (non-hydrogen) atoms. The number of benzene rings is 1. The summed E-state index contributed by atoms with van der Waals surface area (Å²) in [6, 6.07) is 8.81. The Kier molecular flexibility index (Phi) is 8.60. The molecule has 0 aromatic heterocycles. The Labute approximate surface area is 127 Å². The molecule has 0 aliphatic rings. The zero-order chi connectivity index (χ0) is 14.1. The summed E-state index contributed by atoms with van der Waals surface area (Å²) in [6.07, 6.45) is 4.87. The molecule has 0 aliphatic heterocycles. The summed E-state index contributed by atoms with van der Waals surface area (Å²) in [5.41, 5.74) is 0. The molecule has 0 heterocycles. The van der Waals surface area contributed by atoms with E-state index in [1.54, 1.807) is 0 Å². The van der Waals surface area contributed by atoms with E-state index in [1.165, 1.54) is 30.6 Å². The fourth-order valence-electron chi connectivity index (χ4n) is 2.20. The fourth-order valence-corrected chi connectivity index (χ4v) is 3.53. The van der Waals surface area contributed by atoms with Crippen LogP contribution in [-0.2, 0) is 0 Å². The van der Waals surface area contributed by atoms with Crippen molar-refractivity contribution in [3.63, 3.8) is 0 Å². The molecule has 2 atom stereocenters. The van der Waals surface area contributed by atoms with Crippen molar-refractivity contribution < 1.29 is 0 Å². The summed E-state index contributed by atoms with van der Waals surface area (Å²) in [7, 11) is 0. The highest BCUT2D eigenvalue weighted by molar-refractivity contribution is 8.00. The van der Waals surface area contributed by atoms with Crippen LogP contribution in [0.1, 0.15) is 46.5 Å². The monoisotopic (exact) mass is 299 g/mol. The largest absolute Gasteiger partial charge is 0.313 e. The molecule has 3 heteroatoms. The molecule has 0 fully saturated rings. The lowest BCUT2D eigenvalue weighted by atomic mass is 10.1. The molecule has 0 aliphatic carbocycles. The molecule has 0 spiro atoms. The minimum absolute atomic E-state index is 0.607. The fraction of sp³-hybridized carbons (Fsp3) is 0.625. The Bertz CT molecular complexity index is 339. The minimum Gasteiger partial charge on any atom is -0.313 e. The van der Waals surface area contributed by atoms with E-state index in [1.807, 2.05) is 23.9 Å². The average Bonchev–Trinajstić information content (AvgIpc) is 2.43. The first-order chi connectivity index (χ1) is 9.21. The van der Waals surface area contributed by atoms with Crippen LogP contribution in [-0.4, -0.2) is 17.8 Å². The third-order valence-corrected chi connectivity index (χ3v) is 4.97. The van der Waals surface area contributed by atoms with E-state index in [0.29, 0.717) is 11.3 Å². The maximum atomic E-state index is 5.94. The van der Waals surface area contributed by atoms with Gasteiger partial charge in [-0.15, -0.1) is 11.8 Å². The molecule has 108 valence electrons. The van der Waals surface area contributed by atoms with Crippen LogP contribution in [0.15, 0.2) is 29.2 Å². The SMILES string of the molecule is CCCNC(CCC)C(CC)Sc1ccc(Cl)cc1. The predicted molar refractivity (Wildman–Crippen MR) is 88.4 cm³/mol. The third-order valence-electron chi connectivity index (χ3n) is 3.21. The maximum Gasteiger partial charge on any atom is 0.0406 e. The van der Waals surface area contributed by atoms with Gasteiger partial charge in [0.25, 0.3) is 0 Å².